The fourth-order valence-corrected chi connectivity index (χ4v) is 1.49. The number of hydrogen-bond acceptors (Lipinski definition) is 3. The maximum Gasteiger partial charge on any atom is 0.122 e. The Morgan fingerprint density at radius 1 is 1.38 bits per heavy atom. The highest BCUT2D eigenvalue weighted by Gasteiger charge is 2.00. The minimum Gasteiger partial charge on any atom is -0.492 e. The molecule has 1 rings (SSSR count). The van der Waals surface area contributed by atoms with Gasteiger partial charge in [0.05, 0.1) is 6.61 Å². The van der Waals surface area contributed by atoms with E-state index >= 15 is 0 Å². The third-order valence-corrected chi connectivity index (χ3v) is 2.46. The summed E-state index contributed by atoms with van der Waals surface area (Å²) in [4.78, 5) is 0. The van der Waals surface area contributed by atoms with Gasteiger partial charge in [-0.1, -0.05) is 17.7 Å². The van der Waals surface area contributed by atoms with Crippen molar-refractivity contribution in [1.29, 1.82) is 0 Å². The second kappa shape index (κ2) is 6.51. The third-order valence-electron chi connectivity index (χ3n) is 2.46. The summed E-state index contributed by atoms with van der Waals surface area (Å²) in [5.41, 5.74) is 2.41. The average Bonchev–Trinajstić information content (AvgIpc) is 2.26. The summed E-state index contributed by atoms with van der Waals surface area (Å²) in [5.74, 6) is 0.934. The molecule has 16 heavy (non-hydrogen) atoms. The SMILES string of the molecule is Cc1ccc(OCCNC(C)CO)c(C)c1. The molecule has 0 aromatic heterocycles. The average molecular weight is 223 g/mol. The van der Waals surface area contributed by atoms with Crippen molar-refractivity contribution in [2.75, 3.05) is 19.8 Å². The van der Waals surface area contributed by atoms with Crippen molar-refractivity contribution in [3.05, 3.63) is 29.3 Å². The van der Waals surface area contributed by atoms with Gasteiger partial charge in [0.25, 0.3) is 0 Å². The van der Waals surface area contributed by atoms with Crippen LogP contribution in [0.4, 0.5) is 0 Å². The van der Waals surface area contributed by atoms with Crippen LogP contribution in [0.25, 0.3) is 0 Å². The van der Waals surface area contributed by atoms with Crippen molar-refractivity contribution in [3.8, 4) is 5.75 Å². The van der Waals surface area contributed by atoms with Crippen LogP contribution in [-0.4, -0.2) is 30.9 Å². The zero-order valence-corrected chi connectivity index (χ0v) is 10.3. The molecule has 0 saturated heterocycles. The van der Waals surface area contributed by atoms with Gasteiger partial charge in [-0.25, -0.2) is 0 Å². The van der Waals surface area contributed by atoms with E-state index < -0.39 is 0 Å². The van der Waals surface area contributed by atoms with Crippen LogP contribution in [0.1, 0.15) is 18.1 Å². The highest BCUT2D eigenvalue weighted by atomic mass is 16.5. The Bertz CT molecular complexity index is 326. The molecule has 1 atom stereocenters. The smallest absolute Gasteiger partial charge is 0.122 e. The standard InChI is InChI=1S/C13H21NO2/c1-10-4-5-13(11(2)8-10)16-7-6-14-12(3)9-15/h4-5,8,12,14-15H,6-7,9H2,1-3H3. The predicted octanol–water partition coefficient (Wildman–Crippen LogP) is 1.65. The largest absolute Gasteiger partial charge is 0.492 e. The molecule has 0 spiro atoms. The molecule has 1 aromatic rings. The van der Waals surface area contributed by atoms with Crippen molar-refractivity contribution >= 4 is 0 Å². The molecule has 90 valence electrons. The van der Waals surface area contributed by atoms with Crippen LogP contribution >= 0.6 is 0 Å². The number of rotatable bonds is 6. The zero-order valence-electron chi connectivity index (χ0n) is 10.3. The Labute approximate surface area is 97.4 Å². The second-order valence-corrected chi connectivity index (χ2v) is 4.16. The van der Waals surface area contributed by atoms with Gasteiger partial charge in [0.15, 0.2) is 0 Å². The monoisotopic (exact) mass is 223 g/mol. The number of benzene rings is 1. The van der Waals surface area contributed by atoms with Crippen LogP contribution in [0.15, 0.2) is 18.2 Å². The molecule has 0 heterocycles. The molecule has 0 aliphatic rings. The van der Waals surface area contributed by atoms with E-state index in [1.54, 1.807) is 0 Å². The summed E-state index contributed by atoms with van der Waals surface area (Å²) >= 11 is 0. The summed E-state index contributed by atoms with van der Waals surface area (Å²) in [7, 11) is 0. The van der Waals surface area contributed by atoms with Gasteiger partial charge in [0.2, 0.25) is 0 Å². The topological polar surface area (TPSA) is 41.5 Å². The molecule has 0 saturated carbocycles. The van der Waals surface area contributed by atoms with Crippen LogP contribution in [-0.2, 0) is 0 Å². The first-order chi connectivity index (χ1) is 7.63. The molecule has 3 heteroatoms. The summed E-state index contributed by atoms with van der Waals surface area (Å²) in [6, 6.07) is 6.29. The fraction of sp³-hybridized carbons (Fsp3) is 0.538. The van der Waals surface area contributed by atoms with E-state index in [-0.39, 0.29) is 12.6 Å². The van der Waals surface area contributed by atoms with Crippen molar-refractivity contribution in [2.45, 2.75) is 26.8 Å². The highest BCUT2D eigenvalue weighted by Crippen LogP contribution is 2.18. The number of hydrogen-bond donors (Lipinski definition) is 2. The Morgan fingerprint density at radius 2 is 2.12 bits per heavy atom. The van der Waals surface area contributed by atoms with Gasteiger partial charge < -0.3 is 15.2 Å². The second-order valence-electron chi connectivity index (χ2n) is 4.16. The molecule has 0 aliphatic heterocycles. The molecule has 1 unspecified atom stereocenters. The minimum absolute atomic E-state index is 0.128. The van der Waals surface area contributed by atoms with Crippen molar-refractivity contribution in [2.24, 2.45) is 0 Å². The summed E-state index contributed by atoms with van der Waals surface area (Å²) in [6.45, 7) is 7.58. The highest BCUT2D eigenvalue weighted by molar-refractivity contribution is 5.35. The maximum absolute atomic E-state index is 8.82. The van der Waals surface area contributed by atoms with E-state index in [1.807, 2.05) is 26.0 Å². The summed E-state index contributed by atoms with van der Waals surface area (Å²) in [5, 5.41) is 12.0. The van der Waals surface area contributed by atoms with Crippen molar-refractivity contribution < 1.29 is 9.84 Å². The third kappa shape index (κ3) is 4.21. The maximum atomic E-state index is 8.82. The molecule has 0 aliphatic carbocycles. The normalized spacial score (nSPS) is 12.5. The summed E-state index contributed by atoms with van der Waals surface area (Å²) in [6.07, 6.45) is 0. The van der Waals surface area contributed by atoms with E-state index in [4.69, 9.17) is 9.84 Å². The minimum atomic E-state index is 0.128. The van der Waals surface area contributed by atoms with E-state index in [1.165, 1.54) is 5.56 Å². The van der Waals surface area contributed by atoms with Gasteiger partial charge in [0, 0.05) is 12.6 Å². The van der Waals surface area contributed by atoms with E-state index in [0.717, 1.165) is 17.9 Å². The molecule has 1 aromatic carbocycles. The van der Waals surface area contributed by atoms with Gasteiger partial charge in [-0.2, -0.15) is 0 Å². The predicted molar refractivity (Wildman–Crippen MR) is 66.0 cm³/mol. The Kier molecular flexibility index (Phi) is 5.29. The number of aliphatic hydroxyl groups is 1. The van der Waals surface area contributed by atoms with Gasteiger partial charge in [-0.3, -0.25) is 0 Å². The van der Waals surface area contributed by atoms with E-state index in [2.05, 4.69) is 18.3 Å². The Balaban J connectivity index is 2.32. The lowest BCUT2D eigenvalue weighted by Gasteiger charge is -2.13. The molecule has 0 amide bonds. The van der Waals surface area contributed by atoms with Crippen LogP contribution in [0, 0.1) is 13.8 Å². The van der Waals surface area contributed by atoms with Crippen LogP contribution in [0.5, 0.6) is 5.75 Å². The molecular formula is C13H21NO2. The van der Waals surface area contributed by atoms with Crippen LogP contribution in [0.2, 0.25) is 0 Å². The number of ether oxygens (including phenoxy) is 1. The Hall–Kier alpha value is -1.06. The zero-order chi connectivity index (χ0) is 12.0. The lowest BCUT2D eigenvalue weighted by Crippen LogP contribution is -2.32. The van der Waals surface area contributed by atoms with Crippen molar-refractivity contribution in [1.82, 2.24) is 5.32 Å². The molecule has 0 bridgehead atoms. The van der Waals surface area contributed by atoms with Gasteiger partial charge >= 0.3 is 0 Å². The van der Waals surface area contributed by atoms with Crippen LogP contribution in [0.3, 0.4) is 0 Å². The van der Waals surface area contributed by atoms with E-state index in [0.29, 0.717) is 6.61 Å². The molecule has 0 radical (unpaired) electrons. The van der Waals surface area contributed by atoms with Gasteiger partial charge in [-0.05, 0) is 32.4 Å². The van der Waals surface area contributed by atoms with E-state index in [9.17, 15) is 0 Å². The lowest BCUT2D eigenvalue weighted by atomic mass is 10.1. The molecule has 0 fully saturated rings. The van der Waals surface area contributed by atoms with Gasteiger partial charge in [0.1, 0.15) is 12.4 Å². The number of aliphatic hydroxyl groups excluding tert-OH is 1. The van der Waals surface area contributed by atoms with Crippen molar-refractivity contribution in [3.63, 3.8) is 0 Å². The first-order valence-electron chi connectivity index (χ1n) is 5.67. The quantitative estimate of drug-likeness (QED) is 0.721. The number of aryl methyl sites for hydroxylation is 2. The first-order valence-corrected chi connectivity index (χ1v) is 5.67. The molecule has 3 nitrogen and oxygen atoms in total. The molecular weight excluding hydrogens is 202 g/mol. The van der Waals surface area contributed by atoms with Gasteiger partial charge in [-0.15, -0.1) is 0 Å². The summed E-state index contributed by atoms with van der Waals surface area (Å²) < 4.78 is 5.64. The lowest BCUT2D eigenvalue weighted by molar-refractivity contribution is 0.239. The first kappa shape index (κ1) is 13.0. The number of nitrogens with one attached hydrogen (secondary N) is 1. The molecule has 2 N–H and O–H groups in total. The fourth-order valence-electron chi connectivity index (χ4n) is 1.49. The van der Waals surface area contributed by atoms with Crippen LogP contribution < -0.4 is 10.1 Å². The Morgan fingerprint density at radius 3 is 2.75 bits per heavy atom.